The van der Waals surface area contributed by atoms with Gasteiger partial charge in [0, 0.05) is 0 Å². The van der Waals surface area contributed by atoms with Crippen LogP contribution in [0.3, 0.4) is 0 Å². The lowest BCUT2D eigenvalue weighted by atomic mass is 10.00. The fourth-order valence-electron chi connectivity index (χ4n) is 3.57. The molecule has 1 aromatic heterocycles. The summed E-state index contributed by atoms with van der Waals surface area (Å²) in [6, 6.07) is 15.6. The molecule has 0 aliphatic heterocycles. The molecule has 0 atom stereocenters. The van der Waals surface area contributed by atoms with Crippen LogP contribution in [0.25, 0.3) is 17.3 Å². The van der Waals surface area contributed by atoms with Gasteiger partial charge in [0.15, 0.2) is 5.57 Å². The SMILES string of the molecule is CCc1ccccc1-n1c(=C(C#N)C#N)s/c(=C/c2c(C)cc(C)cc2C)c1=O. The number of aromatic nitrogens is 1. The van der Waals surface area contributed by atoms with Crippen LogP contribution in [0.1, 0.15) is 34.7 Å². The molecule has 0 saturated heterocycles. The van der Waals surface area contributed by atoms with Crippen molar-refractivity contribution < 1.29 is 0 Å². The number of hydrogen-bond acceptors (Lipinski definition) is 4. The lowest BCUT2D eigenvalue weighted by Gasteiger charge is -2.08. The Labute approximate surface area is 173 Å². The lowest BCUT2D eigenvalue weighted by Crippen LogP contribution is -2.31. The largest absolute Gasteiger partial charge is 0.273 e. The Morgan fingerprint density at radius 1 is 1.10 bits per heavy atom. The van der Waals surface area contributed by atoms with Gasteiger partial charge in [0.2, 0.25) is 0 Å². The normalized spacial score (nSPS) is 11.2. The number of rotatable bonds is 3. The van der Waals surface area contributed by atoms with E-state index in [1.807, 2.05) is 70.2 Å². The fourth-order valence-corrected chi connectivity index (χ4v) is 4.60. The number of aryl methyl sites for hydroxylation is 4. The molecule has 0 bridgehead atoms. The Bertz CT molecular complexity index is 1320. The molecule has 0 radical (unpaired) electrons. The molecule has 0 N–H and O–H groups in total. The van der Waals surface area contributed by atoms with Crippen LogP contribution in [-0.4, -0.2) is 4.57 Å². The first-order chi connectivity index (χ1) is 13.9. The minimum atomic E-state index is -0.215. The molecule has 0 aliphatic rings. The molecule has 144 valence electrons. The van der Waals surface area contributed by atoms with Crippen molar-refractivity contribution in [3.05, 3.63) is 83.8 Å². The molecule has 0 aliphatic carbocycles. The molecule has 2 aromatic carbocycles. The summed E-state index contributed by atoms with van der Waals surface area (Å²) in [6.07, 6.45) is 2.61. The molecule has 0 spiro atoms. The predicted octanol–water partition coefficient (Wildman–Crippen LogP) is 3.41. The predicted molar refractivity (Wildman–Crippen MR) is 117 cm³/mol. The quantitative estimate of drug-likeness (QED) is 0.678. The smallest absolute Gasteiger partial charge is 0.267 e. The van der Waals surface area contributed by atoms with Crippen molar-refractivity contribution in [1.29, 1.82) is 10.5 Å². The molecule has 0 unspecified atom stereocenters. The van der Waals surface area contributed by atoms with Crippen LogP contribution in [-0.2, 0) is 6.42 Å². The second kappa shape index (κ2) is 8.31. The molecule has 29 heavy (non-hydrogen) atoms. The summed E-state index contributed by atoms with van der Waals surface area (Å²) in [7, 11) is 0. The van der Waals surface area contributed by atoms with Crippen molar-refractivity contribution in [3.63, 3.8) is 0 Å². The summed E-state index contributed by atoms with van der Waals surface area (Å²) in [5.74, 6) is 0. The average Bonchev–Trinajstić information content (AvgIpc) is 3.01. The zero-order valence-corrected chi connectivity index (χ0v) is 17.7. The van der Waals surface area contributed by atoms with E-state index >= 15 is 0 Å². The Balaban J connectivity index is 2.47. The second-order valence-electron chi connectivity index (χ2n) is 6.95. The van der Waals surface area contributed by atoms with E-state index < -0.39 is 0 Å². The minimum Gasteiger partial charge on any atom is -0.267 e. The third-order valence-corrected chi connectivity index (χ3v) is 5.98. The second-order valence-corrected chi connectivity index (χ2v) is 7.98. The van der Waals surface area contributed by atoms with E-state index in [-0.39, 0.29) is 11.1 Å². The molecule has 4 nitrogen and oxygen atoms in total. The Hall–Kier alpha value is -3.41. The molecule has 3 rings (SSSR count). The van der Waals surface area contributed by atoms with Gasteiger partial charge in [-0.1, -0.05) is 42.8 Å². The highest BCUT2D eigenvalue weighted by Crippen LogP contribution is 2.17. The van der Waals surface area contributed by atoms with Gasteiger partial charge >= 0.3 is 0 Å². The molecular formula is C24H21N3OS. The van der Waals surface area contributed by atoms with E-state index in [1.54, 1.807) is 0 Å². The highest BCUT2D eigenvalue weighted by molar-refractivity contribution is 7.07. The molecule has 0 saturated carbocycles. The van der Waals surface area contributed by atoms with Crippen LogP contribution in [0.4, 0.5) is 0 Å². The van der Waals surface area contributed by atoms with E-state index in [2.05, 4.69) is 12.1 Å². The number of para-hydroxylation sites is 1. The minimum absolute atomic E-state index is 0.0602. The maximum atomic E-state index is 13.4. The van der Waals surface area contributed by atoms with Gasteiger partial charge in [-0.2, -0.15) is 10.5 Å². The van der Waals surface area contributed by atoms with Crippen LogP contribution in [0, 0.1) is 43.4 Å². The summed E-state index contributed by atoms with van der Waals surface area (Å²) in [4.78, 5) is 13.4. The standard InChI is InChI=1S/C24H21N3OS/c1-5-18-8-6-7-9-21(18)27-23(28)22(29-24(27)19(13-25)14-26)12-20-16(3)10-15(2)11-17(20)4/h6-12H,5H2,1-4H3/b22-12+. The maximum absolute atomic E-state index is 13.4. The van der Waals surface area contributed by atoms with Crippen LogP contribution in [0.2, 0.25) is 0 Å². The zero-order valence-electron chi connectivity index (χ0n) is 16.9. The third kappa shape index (κ3) is 3.78. The number of thiazole rings is 1. The van der Waals surface area contributed by atoms with Crippen molar-refractivity contribution >= 4 is 23.0 Å². The number of benzene rings is 2. The Morgan fingerprint density at radius 3 is 2.31 bits per heavy atom. The Morgan fingerprint density at radius 2 is 1.72 bits per heavy atom. The van der Waals surface area contributed by atoms with E-state index in [0.717, 1.165) is 28.7 Å². The number of nitriles is 2. The number of nitrogens with zero attached hydrogens (tertiary/aromatic N) is 3. The summed E-state index contributed by atoms with van der Waals surface area (Å²) in [6.45, 7) is 8.10. The summed E-state index contributed by atoms with van der Waals surface area (Å²) < 4.78 is 2.38. The fraction of sp³-hybridized carbons (Fsp3) is 0.208. The van der Waals surface area contributed by atoms with E-state index in [0.29, 0.717) is 14.9 Å². The van der Waals surface area contributed by atoms with Gasteiger partial charge in [-0.05, 0) is 61.6 Å². The molecule has 1 heterocycles. The summed E-state index contributed by atoms with van der Waals surface area (Å²) >= 11 is 1.19. The van der Waals surface area contributed by atoms with Crippen LogP contribution >= 0.6 is 11.3 Å². The molecule has 5 heteroatoms. The first-order valence-corrected chi connectivity index (χ1v) is 10.2. The van der Waals surface area contributed by atoms with Gasteiger partial charge in [0.1, 0.15) is 16.8 Å². The van der Waals surface area contributed by atoms with Gasteiger partial charge in [-0.15, -0.1) is 11.3 Å². The Kier molecular flexibility index (Phi) is 5.82. The summed E-state index contributed by atoms with van der Waals surface area (Å²) in [5, 5.41) is 18.9. The first-order valence-electron chi connectivity index (χ1n) is 9.35. The van der Waals surface area contributed by atoms with Crippen molar-refractivity contribution in [2.24, 2.45) is 0 Å². The van der Waals surface area contributed by atoms with Gasteiger partial charge in [-0.3, -0.25) is 9.36 Å². The van der Waals surface area contributed by atoms with E-state index in [9.17, 15) is 15.3 Å². The van der Waals surface area contributed by atoms with Crippen LogP contribution in [0.15, 0.2) is 41.2 Å². The van der Waals surface area contributed by atoms with Crippen molar-refractivity contribution in [2.45, 2.75) is 34.1 Å². The highest BCUT2D eigenvalue weighted by atomic mass is 32.1. The van der Waals surface area contributed by atoms with Gasteiger partial charge < -0.3 is 0 Å². The molecule has 3 aromatic rings. The highest BCUT2D eigenvalue weighted by Gasteiger charge is 2.14. The van der Waals surface area contributed by atoms with Crippen molar-refractivity contribution in [1.82, 2.24) is 4.57 Å². The van der Waals surface area contributed by atoms with Gasteiger partial charge in [-0.25, -0.2) is 0 Å². The molecule has 0 fully saturated rings. The zero-order chi connectivity index (χ0) is 21.1. The third-order valence-electron chi connectivity index (χ3n) is 4.89. The maximum Gasteiger partial charge on any atom is 0.273 e. The van der Waals surface area contributed by atoms with Crippen molar-refractivity contribution in [3.8, 4) is 17.8 Å². The molecule has 0 amide bonds. The molecular weight excluding hydrogens is 378 g/mol. The van der Waals surface area contributed by atoms with Crippen LogP contribution < -0.4 is 14.8 Å². The van der Waals surface area contributed by atoms with Gasteiger partial charge in [0.05, 0.1) is 10.2 Å². The van der Waals surface area contributed by atoms with E-state index in [4.69, 9.17) is 0 Å². The van der Waals surface area contributed by atoms with Crippen LogP contribution in [0.5, 0.6) is 0 Å². The van der Waals surface area contributed by atoms with Crippen molar-refractivity contribution in [2.75, 3.05) is 0 Å². The number of hydrogen-bond donors (Lipinski definition) is 0. The monoisotopic (exact) mass is 399 g/mol. The topological polar surface area (TPSA) is 69.6 Å². The van der Waals surface area contributed by atoms with E-state index in [1.165, 1.54) is 21.5 Å². The lowest BCUT2D eigenvalue weighted by molar-refractivity contribution is 0.953. The summed E-state index contributed by atoms with van der Waals surface area (Å²) in [5.41, 5.74) is 5.76. The van der Waals surface area contributed by atoms with Gasteiger partial charge in [0.25, 0.3) is 5.56 Å². The first kappa shape index (κ1) is 20.3. The average molecular weight is 400 g/mol.